The van der Waals surface area contributed by atoms with Crippen molar-refractivity contribution in [2.75, 3.05) is 11.5 Å². The Balaban J connectivity index is 2.11. The van der Waals surface area contributed by atoms with Gasteiger partial charge in [0.05, 0.1) is 6.07 Å². The molecule has 0 saturated heterocycles. The summed E-state index contributed by atoms with van der Waals surface area (Å²) in [6.07, 6.45) is 1.77. The van der Waals surface area contributed by atoms with Crippen molar-refractivity contribution in [3.8, 4) is 6.07 Å². The smallest absolute Gasteiger partial charge is 0.0630 e. The second-order valence-electron chi connectivity index (χ2n) is 2.76. The molecular formula is C11H13NS. The normalized spacial score (nSPS) is 9.46. The van der Waals surface area contributed by atoms with Gasteiger partial charge in [0, 0.05) is 12.2 Å². The van der Waals surface area contributed by atoms with Gasteiger partial charge in [0.15, 0.2) is 0 Å². The Labute approximate surface area is 83.8 Å². The molecule has 13 heavy (non-hydrogen) atoms. The zero-order chi connectivity index (χ0) is 9.36. The van der Waals surface area contributed by atoms with E-state index in [2.05, 4.69) is 30.3 Å². The average Bonchev–Trinajstić information content (AvgIpc) is 2.19. The number of rotatable bonds is 5. The molecule has 0 N–H and O–H groups in total. The second-order valence-corrected chi connectivity index (χ2v) is 3.98. The van der Waals surface area contributed by atoms with E-state index in [-0.39, 0.29) is 0 Å². The van der Waals surface area contributed by atoms with Gasteiger partial charge in [0.25, 0.3) is 0 Å². The van der Waals surface area contributed by atoms with Crippen LogP contribution in [-0.4, -0.2) is 11.5 Å². The summed E-state index contributed by atoms with van der Waals surface area (Å²) in [5.41, 5.74) is 1.38. The van der Waals surface area contributed by atoms with Crippen molar-refractivity contribution in [1.29, 1.82) is 5.26 Å². The second kappa shape index (κ2) is 6.56. The minimum absolute atomic E-state index is 0.666. The molecule has 0 aromatic heterocycles. The van der Waals surface area contributed by atoms with E-state index in [0.29, 0.717) is 6.42 Å². The summed E-state index contributed by atoms with van der Waals surface area (Å²) < 4.78 is 0. The maximum atomic E-state index is 8.32. The summed E-state index contributed by atoms with van der Waals surface area (Å²) in [7, 11) is 0. The third-order valence-corrected chi connectivity index (χ3v) is 2.72. The molecule has 0 amide bonds. The number of hydrogen-bond acceptors (Lipinski definition) is 2. The molecule has 1 aromatic rings. The van der Waals surface area contributed by atoms with Crippen molar-refractivity contribution in [2.24, 2.45) is 0 Å². The number of benzene rings is 1. The molecule has 1 aromatic carbocycles. The van der Waals surface area contributed by atoms with Crippen LogP contribution in [0.15, 0.2) is 30.3 Å². The molecule has 0 aliphatic rings. The molecule has 1 rings (SSSR count). The highest BCUT2D eigenvalue weighted by Gasteiger charge is 1.91. The zero-order valence-electron chi connectivity index (χ0n) is 7.57. The Bertz CT molecular complexity index is 263. The summed E-state index contributed by atoms with van der Waals surface area (Å²) in [6, 6.07) is 12.6. The highest BCUT2D eigenvalue weighted by molar-refractivity contribution is 7.99. The van der Waals surface area contributed by atoms with Crippen LogP contribution in [0.5, 0.6) is 0 Å². The number of nitriles is 1. The highest BCUT2D eigenvalue weighted by Crippen LogP contribution is 2.07. The van der Waals surface area contributed by atoms with Gasteiger partial charge in [0.1, 0.15) is 0 Å². The Morgan fingerprint density at radius 1 is 1.15 bits per heavy atom. The molecule has 0 saturated carbocycles. The largest absolute Gasteiger partial charge is 0.198 e. The molecule has 0 spiro atoms. The molecule has 0 unspecified atom stereocenters. The summed E-state index contributed by atoms with van der Waals surface area (Å²) in [4.78, 5) is 0. The average molecular weight is 191 g/mol. The molecule has 0 heterocycles. The summed E-state index contributed by atoms with van der Waals surface area (Å²) in [5.74, 6) is 2.08. The summed E-state index contributed by atoms with van der Waals surface area (Å²) in [6.45, 7) is 0. The molecule has 0 fully saturated rings. The van der Waals surface area contributed by atoms with Crippen LogP contribution in [0.1, 0.15) is 12.0 Å². The SMILES string of the molecule is N#CCCSCCc1ccccc1. The molecule has 1 nitrogen and oxygen atoms in total. The van der Waals surface area contributed by atoms with Gasteiger partial charge in [0.2, 0.25) is 0 Å². The molecular weight excluding hydrogens is 178 g/mol. The highest BCUT2D eigenvalue weighted by atomic mass is 32.2. The van der Waals surface area contributed by atoms with E-state index in [1.807, 2.05) is 17.8 Å². The first-order valence-electron chi connectivity index (χ1n) is 4.42. The van der Waals surface area contributed by atoms with Crippen LogP contribution in [0, 0.1) is 11.3 Å². The van der Waals surface area contributed by atoms with Gasteiger partial charge < -0.3 is 0 Å². The van der Waals surface area contributed by atoms with E-state index in [0.717, 1.165) is 17.9 Å². The zero-order valence-corrected chi connectivity index (χ0v) is 8.39. The van der Waals surface area contributed by atoms with Gasteiger partial charge in [-0.25, -0.2) is 0 Å². The van der Waals surface area contributed by atoms with Crippen molar-refractivity contribution in [1.82, 2.24) is 0 Å². The van der Waals surface area contributed by atoms with Crippen molar-refractivity contribution in [2.45, 2.75) is 12.8 Å². The molecule has 0 atom stereocenters. The molecule has 2 heteroatoms. The number of nitrogens with zero attached hydrogens (tertiary/aromatic N) is 1. The first kappa shape index (κ1) is 10.1. The maximum absolute atomic E-state index is 8.32. The minimum atomic E-state index is 0.666. The Hall–Kier alpha value is -0.940. The molecule has 68 valence electrons. The van der Waals surface area contributed by atoms with E-state index in [9.17, 15) is 0 Å². The molecule has 0 bridgehead atoms. The topological polar surface area (TPSA) is 23.8 Å². The lowest BCUT2D eigenvalue weighted by atomic mass is 10.2. The third kappa shape index (κ3) is 4.59. The van der Waals surface area contributed by atoms with Gasteiger partial charge in [-0.1, -0.05) is 30.3 Å². The molecule has 0 aliphatic heterocycles. The number of thioether (sulfide) groups is 1. The fourth-order valence-corrected chi connectivity index (χ4v) is 1.87. The minimum Gasteiger partial charge on any atom is -0.198 e. The van der Waals surface area contributed by atoms with E-state index < -0.39 is 0 Å². The van der Waals surface area contributed by atoms with Crippen LogP contribution < -0.4 is 0 Å². The van der Waals surface area contributed by atoms with E-state index >= 15 is 0 Å². The van der Waals surface area contributed by atoms with Crippen molar-refractivity contribution in [3.05, 3.63) is 35.9 Å². The predicted octanol–water partition coefficient (Wildman–Crippen LogP) is 2.88. The number of aryl methyl sites for hydroxylation is 1. The van der Waals surface area contributed by atoms with Gasteiger partial charge in [-0.05, 0) is 17.7 Å². The van der Waals surface area contributed by atoms with Crippen LogP contribution in [-0.2, 0) is 6.42 Å². The third-order valence-electron chi connectivity index (χ3n) is 1.74. The van der Waals surface area contributed by atoms with Crippen molar-refractivity contribution < 1.29 is 0 Å². The van der Waals surface area contributed by atoms with Crippen LogP contribution in [0.4, 0.5) is 0 Å². The van der Waals surface area contributed by atoms with Crippen LogP contribution in [0.25, 0.3) is 0 Å². The molecule has 0 aliphatic carbocycles. The lowest BCUT2D eigenvalue weighted by Crippen LogP contribution is -1.88. The maximum Gasteiger partial charge on any atom is 0.0630 e. The van der Waals surface area contributed by atoms with Gasteiger partial charge in [-0.3, -0.25) is 0 Å². The fourth-order valence-electron chi connectivity index (χ4n) is 1.05. The van der Waals surface area contributed by atoms with E-state index in [1.165, 1.54) is 5.56 Å². The van der Waals surface area contributed by atoms with Crippen molar-refractivity contribution >= 4 is 11.8 Å². The monoisotopic (exact) mass is 191 g/mol. The Morgan fingerprint density at radius 3 is 2.62 bits per heavy atom. The first-order valence-corrected chi connectivity index (χ1v) is 5.57. The van der Waals surface area contributed by atoms with E-state index in [1.54, 1.807) is 0 Å². The Kier molecular flexibility index (Phi) is 5.12. The Morgan fingerprint density at radius 2 is 1.92 bits per heavy atom. The van der Waals surface area contributed by atoms with E-state index in [4.69, 9.17) is 5.26 Å². The summed E-state index contributed by atoms with van der Waals surface area (Å²) >= 11 is 1.85. The van der Waals surface area contributed by atoms with Gasteiger partial charge >= 0.3 is 0 Å². The quantitative estimate of drug-likeness (QED) is 0.668. The van der Waals surface area contributed by atoms with Crippen molar-refractivity contribution in [3.63, 3.8) is 0 Å². The first-order chi connectivity index (χ1) is 6.43. The van der Waals surface area contributed by atoms with Gasteiger partial charge in [-0.15, -0.1) is 0 Å². The fraction of sp³-hybridized carbons (Fsp3) is 0.364. The molecule has 0 radical (unpaired) electrons. The van der Waals surface area contributed by atoms with Crippen LogP contribution >= 0.6 is 11.8 Å². The number of hydrogen-bond donors (Lipinski definition) is 0. The lowest BCUT2D eigenvalue weighted by Gasteiger charge is -1.99. The van der Waals surface area contributed by atoms with Gasteiger partial charge in [-0.2, -0.15) is 17.0 Å². The standard InChI is InChI=1S/C11H13NS/c12-8-4-9-13-10-7-11-5-2-1-3-6-11/h1-3,5-6H,4,7,9-10H2. The lowest BCUT2D eigenvalue weighted by molar-refractivity contribution is 1.15. The predicted molar refractivity (Wildman–Crippen MR) is 57.7 cm³/mol. The summed E-state index contributed by atoms with van der Waals surface area (Å²) in [5, 5.41) is 8.32. The van der Waals surface area contributed by atoms with Crippen LogP contribution in [0.2, 0.25) is 0 Å². The van der Waals surface area contributed by atoms with Crippen LogP contribution in [0.3, 0.4) is 0 Å².